The molecule has 0 unspecified atom stereocenters. The molecule has 4 heteroatoms. The van der Waals surface area contributed by atoms with E-state index in [2.05, 4.69) is 6.58 Å². The second kappa shape index (κ2) is 3.71. The third-order valence-electron chi connectivity index (χ3n) is 1.66. The Balaban J connectivity index is 3.17. The van der Waals surface area contributed by atoms with Gasteiger partial charge in [0.1, 0.15) is 5.75 Å². The molecule has 0 fully saturated rings. The number of nitro benzene ring substituents is 1. The minimum Gasteiger partial charge on any atom is -0.465 e. The van der Waals surface area contributed by atoms with Gasteiger partial charge in [-0.25, -0.2) is 0 Å². The second-order valence-corrected chi connectivity index (χ2v) is 2.44. The zero-order valence-electron chi connectivity index (χ0n) is 7.19. The number of rotatable bonds is 3. The molecule has 0 aliphatic rings. The number of nitro groups is 1. The fraction of sp³-hybridized carbons (Fsp3) is 0.111. The molecule has 0 spiro atoms. The highest BCUT2D eigenvalue weighted by atomic mass is 16.6. The van der Waals surface area contributed by atoms with Gasteiger partial charge in [-0.15, -0.1) is 0 Å². The van der Waals surface area contributed by atoms with E-state index in [1.165, 1.54) is 12.3 Å². The van der Waals surface area contributed by atoms with Gasteiger partial charge in [0.05, 0.1) is 16.7 Å². The van der Waals surface area contributed by atoms with Crippen molar-refractivity contribution in [3.05, 3.63) is 46.7 Å². The second-order valence-electron chi connectivity index (χ2n) is 2.44. The molecule has 0 atom stereocenters. The van der Waals surface area contributed by atoms with Crippen LogP contribution in [0.1, 0.15) is 5.56 Å². The maximum absolute atomic E-state index is 10.5. The molecule has 0 bridgehead atoms. The fourth-order valence-corrected chi connectivity index (χ4v) is 1.02. The Morgan fingerprint density at radius 1 is 1.62 bits per heavy atom. The molecule has 1 aromatic carbocycles. The quantitative estimate of drug-likeness (QED) is 0.406. The first-order valence-electron chi connectivity index (χ1n) is 3.68. The molecule has 0 saturated heterocycles. The molecule has 0 aromatic heterocycles. The standard InChI is InChI=1S/C9H9NO3/c1-3-13-9-6-4-5-8(7(9)2)10(11)12/h3-6H,1H2,2H3. The Labute approximate surface area is 75.6 Å². The minimum atomic E-state index is -0.439. The van der Waals surface area contributed by atoms with Crippen molar-refractivity contribution < 1.29 is 9.66 Å². The van der Waals surface area contributed by atoms with E-state index in [-0.39, 0.29) is 5.69 Å². The van der Waals surface area contributed by atoms with Crippen LogP contribution in [0.15, 0.2) is 31.0 Å². The summed E-state index contributed by atoms with van der Waals surface area (Å²) in [6, 6.07) is 4.67. The van der Waals surface area contributed by atoms with Gasteiger partial charge in [-0.3, -0.25) is 10.1 Å². The van der Waals surface area contributed by atoms with E-state index in [9.17, 15) is 10.1 Å². The Morgan fingerprint density at radius 3 is 2.85 bits per heavy atom. The van der Waals surface area contributed by atoms with Crippen LogP contribution in [-0.2, 0) is 0 Å². The number of hydrogen-bond acceptors (Lipinski definition) is 3. The number of nitrogens with zero attached hydrogens (tertiary/aromatic N) is 1. The lowest BCUT2D eigenvalue weighted by atomic mass is 10.2. The molecule has 4 nitrogen and oxygen atoms in total. The van der Waals surface area contributed by atoms with Crippen molar-refractivity contribution >= 4 is 5.69 Å². The summed E-state index contributed by atoms with van der Waals surface area (Å²) in [6.45, 7) is 5.02. The van der Waals surface area contributed by atoms with Gasteiger partial charge in [-0.05, 0) is 13.0 Å². The summed E-state index contributed by atoms with van der Waals surface area (Å²) in [4.78, 5) is 10.1. The van der Waals surface area contributed by atoms with Crippen LogP contribution in [0.2, 0.25) is 0 Å². The van der Waals surface area contributed by atoms with Crippen LogP contribution < -0.4 is 4.74 Å². The lowest BCUT2D eigenvalue weighted by molar-refractivity contribution is -0.385. The molecule has 68 valence electrons. The Bertz CT molecular complexity index is 347. The first-order chi connectivity index (χ1) is 6.16. The van der Waals surface area contributed by atoms with Crippen molar-refractivity contribution in [2.45, 2.75) is 6.92 Å². The van der Waals surface area contributed by atoms with Crippen LogP contribution in [0.25, 0.3) is 0 Å². The molecule has 0 heterocycles. The molecule has 0 aliphatic heterocycles. The van der Waals surface area contributed by atoms with Crippen LogP contribution in [0.5, 0.6) is 5.75 Å². The van der Waals surface area contributed by atoms with Crippen molar-refractivity contribution in [2.24, 2.45) is 0 Å². The molecule has 1 aromatic rings. The van der Waals surface area contributed by atoms with Crippen LogP contribution in [0, 0.1) is 17.0 Å². The smallest absolute Gasteiger partial charge is 0.276 e. The molecular formula is C9H9NO3. The maximum atomic E-state index is 10.5. The zero-order valence-corrected chi connectivity index (χ0v) is 7.19. The summed E-state index contributed by atoms with van der Waals surface area (Å²) >= 11 is 0. The molecule has 13 heavy (non-hydrogen) atoms. The molecule has 0 radical (unpaired) electrons. The highest BCUT2D eigenvalue weighted by Crippen LogP contribution is 2.26. The van der Waals surface area contributed by atoms with Gasteiger partial charge in [-0.1, -0.05) is 12.6 Å². The molecule has 0 aliphatic carbocycles. The average Bonchev–Trinajstić information content (AvgIpc) is 2.08. The van der Waals surface area contributed by atoms with Gasteiger partial charge in [0.25, 0.3) is 5.69 Å². The summed E-state index contributed by atoms with van der Waals surface area (Å²) in [6.07, 6.45) is 1.24. The monoisotopic (exact) mass is 179 g/mol. The largest absolute Gasteiger partial charge is 0.465 e. The fourth-order valence-electron chi connectivity index (χ4n) is 1.02. The third kappa shape index (κ3) is 1.84. The Morgan fingerprint density at radius 2 is 2.31 bits per heavy atom. The Hall–Kier alpha value is -1.84. The van der Waals surface area contributed by atoms with Gasteiger partial charge in [0, 0.05) is 6.07 Å². The van der Waals surface area contributed by atoms with Crippen LogP contribution >= 0.6 is 0 Å². The first kappa shape index (κ1) is 9.25. The van der Waals surface area contributed by atoms with E-state index >= 15 is 0 Å². The van der Waals surface area contributed by atoms with Crippen molar-refractivity contribution in [1.29, 1.82) is 0 Å². The molecule has 0 amide bonds. The first-order valence-corrected chi connectivity index (χ1v) is 3.68. The van der Waals surface area contributed by atoms with E-state index in [1.54, 1.807) is 19.1 Å². The van der Waals surface area contributed by atoms with Crippen molar-refractivity contribution in [3.8, 4) is 5.75 Å². The van der Waals surface area contributed by atoms with Gasteiger partial charge < -0.3 is 4.74 Å². The molecular weight excluding hydrogens is 170 g/mol. The van der Waals surface area contributed by atoms with Crippen LogP contribution in [-0.4, -0.2) is 4.92 Å². The van der Waals surface area contributed by atoms with E-state index in [4.69, 9.17) is 4.74 Å². The summed E-state index contributed by atoms with van der Waals surface area (Å²) < 4.78 is 4.99. The molecule has 0 saturated carbocycles. The normalized spacial score (nSPS) is 9.31. The zero-order chi connectivity index (χ0) is 9.84. The number of benzene rings is 1. The lowest BCUT2D eigenvalue weighted by Crippen LogP contribution is -1.93. The topological polar surface area (TPSA) is 52.4 Å². The van der Waals surface area contributed by atoms with Crippen LogP contribution in [0.4, 0.5) is 5.69 Å². The number of hydrogen-bond donors (Lipinski definition) is 0. The summed E-state index contributed by atoms with van der Waals surface area (Å²) in [7, 11) is 0. The molecule has 1 rings (SSSR count). The predicted octanol–water partition coefficient (Wildman–Crippen LogP) is 2.43. The third-order valence-corrected chi connectivity index (χ3v) is 1.66. The van der Waals surface area contributed by atoms with Gasteiger partial charge in [-0.2, -0.15) is 0 Å². The highest BCUT2D eigenvalue weighted by Gasteiger charge is 2.13. The lowest BCUT2D eigenvalue weighted by Gasteiger charge is -2.03. The number of ether oxygens (including phenoxy) is 1. The van der Waals surface area contributed by atoms with Gasteiger partial charge in [0.15, 0.2) is 0 Å². The van der Waals surface area contributed by atoms with E-state index in [0.717, 1.165) is 0 Å². The maximum Gasteiger partial charge on any atom is 0.276 e. The highest BCUT2D eigenvalue weighted by molar-refractivity contribution is 5.48. The van der Waals surface area contributed by atoms with Crippen molar-refractivity contribution in [2.75, 3.05) is 0 Å². The van der Waals surface area contributed by atoms with Crippen molar-refractivity contribution in [3.63, 3.8) is 0 Å². The summed E-state index contributed by atoms with van der Waals surface area (Å²) in [5, 5.41) is 10.5. The van der Waals surface area contributed by atoms with E-state index in [1.807, 2.05) is 0 Å². The molecule has 0 N–H and O–H groups in total. The van der Waals surface area contributed by atoms with Crippen molar-refractivity contribution in [1.82, 2.24) is 0 Å². The predicted molar refractivity (Wildman–Crippen MR) is 48.7 cm³/mol. The summed E-state index contributed by atoms with van der Waals surface area (Å²) in [5.74, 6) is 0.462. The van der Waals surface area contributed by atoms with Gasteiger partial charge in [0.2, 0.25) is 0 Å². The van der Waals surface area contributed by atoms with E-state index in [0.29, 0.717) is 11.3 Å². The van der Waals surface area contributed by atoms with Crippen LogP contribution in [0.3, 0.4) is 0 Å². The minimum absolute atomic E-state index is 0.0550. The Kier molecular flexibility index (Phi) is 2.64. The SMILES string of the molecule is C=COc1cccc([N+](=O)[O-])c1C. The average molecular weight is 179 g/mol. The summed E-state index contributed by atoms with van der Waals surface area (Å²) in [5.41, 5.74) is 0.562. The van der Waals surface area contributed by atoms with E-state index < -0.39 is 4.92 Å². The van der Waals surface area contributed by atoms with Gasteiger partial charge >= 0.3 is 0 Å².